The number of nitrogens with zero attached hydrogens (tertiary/aromatic N) is 2. The lowest BCUT2D eigenvalue weighted by atomic mass is 10.1. The van der Waals surface area contributed by atoms with Crippen molar-refractivity contribution < 1.29 is 28.5 Å². The Morgan fingerprint density at radius 3 is 2.05 bits per heavy atom. The number of allylic oxidation sites excluding steroid dienone is 4. The summed E-state index contributed by atoms with van der Waals surface area (Å²) in [4.78, 5) is 28.4. The third kappa shape index (κ3) is 19.3. The molecule has 8 nitrogen and oxygen atoms in total. The van der Waals surface area contributed by atoms with Crippen LogP contribution in [0.15, 0.2) is 43.0 Å². The Kier molecular flexibility index (Phi) is 21.8. The van der Waals surface area contributed by atoms with E-state index in [9.17, 15) is 9.59 Å². The van der Waals surface area contributed by atoms with Gasteiger partial charge in [-0.25, -0.2) is 14.3 Å². The molecule has 0 aromatic carbocycles. The third-order valence-electron chi connectivity index (χ3n) is 6.05. The molecular weight excluding hydrogens is 496 g/mol. The van der Waals surface area contributed by atoms with Crippen molar-refractivity contribution in [1.29, 1.82) is 0 Å². The first-order valence-corrected chi connectivity index (χ1v) is 15.0. The maximum atomic E-state index is 12.4. The van der Waals surface area contributed by atoms with Crippen LogP contribution in [-0.2, 0) is 23.7 Å². The van der Waals surface area contributed by atoms with Crippen molar-refractivity contribution in [2.75, 3.05) is 19.8 Å². The highest BCUT2D eigenvalue weighted by molar-refractivity contribution is 5.70. The second-order valence-corrected chi connectivity index (χ2v) is 9.59. The molecule has 0 N–H and O–H groups in total. The highest BCUT2D eigenvalue weighted by Crippen LogP contribution is 2.13. The molecule has 1 aromatic heterocycles. The summed E-state index contributed by atoms with van der Waals surface area (Å²) in [6.45, 7) is 7.86. The van der Waals surface area contributed by atoms with Gasteiger partial charge in [-0.05, 0) is 70.6 Å². The predicted molar refractivity (Wildman–Crippen MR) is 154 cm³/mol. The lowest BCUT2D eigenvalue weighted by molar-refractivity contribution is -0.159. The first-order chi connectivity index (χ1) is 19.1. The molecular formula is C31H52N2O6. The molecule has 0 aliphatic rings. The maximum absolute atomic E-state index is 12.4. The van der Waals surface area contributed by atoms with Crippen LogP contribution in [0.5, 0.6) is 0 Å². The van der Waals surface area contributed by atoms with E-state index in [-0.39, 0.29) is 18.5 Å². The van der Waals surface area contributed by atoms with E-state index in [0.717, 1.165) is 64.2 Å². The van der Waals surface area contributed by atoms with E-state index < -0.39 is 12.4 Å². The lowest BCUT2D eigenvalue weighted by Crippen LogP contribution is -2.22. The summed E-state index contributed by atoms with van der Waals surface area (Å²) in [5.41, 5.74) is 0. The molecule has 1 unspecified atom stereocenters. The van der Waals surface area contributed by atoms with E-state index in [1.807, 2.05) is 6.92 Å². The summed E-state index contributed by atoms with van der Waals surface area (Å²) < 4.78 is 24.3. The Bertz CT molecular complexity index is 754. The van der Waals surface area contributed by atoms with Crippen LogP contribution < -0.4 is 0 Å². The van der Waals surface area contributed by atoms with Gasteiger partial charge in [0.1, 0.15) is 12.4 Å². The molecule has 222 valence electrons. The highest BCUT2D eigenvalue weighted by atomic mass is 16.7. The van der Waals surface area contributed by atoms with Crippen LogP contribution in [0, 0.1) is 0 Å². The average Bonchev–Trinajstić information content (AvgIpc) is 3.48. The van der Waals surface area contributed by atoms with Crippen molar-refractivity contribution in [1.82, 2.24) is 9.55 Å². The molecule has 1 heterocycles. The number of unbranched alkanes of at least 4 members (excludes halogenated alkanes) is 4. The minimum absolute atomic E-state index is 0.218. The van der Waals surface area contributed by atoms with Crippen molar-refractivity contribution in [2.45, 2.75) is 123 Å². The molecule has 0 aliphatic heterocycles. The van der Waals surface area contributed by atoms with Gasteiger partial charge >= 0.3 is 12.1 Å². The molecule has 1 aromatic rings. The van der Waals surface area contributed by atoms with E-state index in [0.29, 0.717) is 39.1 Å². The molecule has 0 spiro atoms. The van der Waals surface area contributed by atoms with Gasteiger partial charge in [-0.1, -0.05) is 51.5 Å². The van der Waals surface area contributed by atoms with Gasteiger partial charge in [0.05, 0.1) is 13.0 Å². The second kappa shape index (κ2) is 24.6. The Hall–Kier alpha value is -2.45. The maximum Gasteiger partial charge on any atom is 0.419 e. The smallest absolute Gasteiger partial charge is 0.419 e. The first kappa shape index (κ1) is 34.6. The number of esters is 1. The summed E-state index contributed by atoms with van der Waals surface area (Å²) >= 11 is 0. The SMILES string of the molecule is CC/C=C\CCCCOC(CCC(=O)OCCCC(CCC)OC(=O)n1ccnc1)OCCCC/C=C\CC. The van der Waals surface area contributed by atoms with E-state index in [1.165, 1.54) is 17.1 Å². The Labute approximate surface area is 236 Å². The number of hydrogen-bond donors (Lipinski definition) is 0. The molecule has 0 radical (unpaired) electrons. The zero-order chi connectivity index (χ0) is 28.4. The van der Waals surface area contributed by atoms with Gasteiger partial charge in [-0.2, -0.15) is 0 Å². The van der Waals surface area contributed by atoms with Crippen molar-refractivity contribution in [2.24, 2.45) is 0 Å². The second-order valence-electron chi connectivity index (χ2n) is 9.59. The summed E-state index contributed by atoms with van der Waals surface area (Å²) in [6, 6.07) is 0. The number of rotatable bonds is 24. The Balaban J connectivity index is 2.33. The van der Waals surface area contributed by atoms with E-state index in [1.54, 1.807) is 6.20 Å². The monoisotopic (exact) mass is 548 g/mol. The van der Waals surface area contributed by atoms with Gasteiger partial charge in [0.15, 0.2) is 6.29 Å². The number of hydrogen-bond acceptors (Lipinski definition) is 7. The summed E-state index contributed by atoms with van der Waals surface area (Å²) in [5.74, 6) is -0.260. The third-order valence-corrected chi connectivity index (χ3v) is 6.05. The number of aromatic nitrogens is 2. The van der Waals surface area contributed by atoms with Crippen LogP contribution in [0.1, 0.15) is 111 Å². The molecule has 0 saturated heterocycles. The van der Waals surface area contributed by atoms with E-state index in [2.05, 4.69) is 43.1 Å². The van der Waals surface area contributed by atoms with Gasteiger partial charge in [0, 0.05) is 32.0 Å². The van der Waals surface area contributed by atoms with Crippen molar-refractivity contribution >= 4 is 12.1 Å². The molecule has 0 saturated carbocycles. The minimum atomic E-state index is -0.441. The number of imidazole rings is 1. The van der Waals surface area contributed by atoms with E-state index >= 15 is 0 Å². The van der Waals surface area contributed by atoms with Crippen molar-refractivity contribution in [3.63, 3.8) is 0 Å². The highest BCUT2D eigenvalue weighted by Gasteiger charge is 2.16. The van der Waals surface area contributed by atoms with Crippen LogP contribution in [0.2, 0.25) is 0 Å². The Morgan fingerprint density at radius 2 is 1.49 bits per heavy atom. The summed E-state index contributed by atoms with van der Waals surface area (Å²) in [6.07, 6.45) is 24.2. The van der Waals surface area contributed by atoms with E-state index in [4.69, 9.17) is 18.9 Å². The quantitative estimate of drug-likeness (QED) is 0.0564. The zero-order valence-corrected chi connectivity index (χ0v) is 24.6. The van der Waals surface area contributed by atoms with Crippen LogP contribution in [0.3, 0.4) is 0 Å². The summed E-state index contributed by atoms with van der Waals surface area (Å²) in [5, 5.41) is 0. The fraction of sp³-hybridized carbons (Fsp3) is 0.710. The molecule has 0 fully saturated rings. The van der Waals surface area contributed by atoms with Gasteiger partial charge in [0.2, 0.25) is 0 Å². The van der Waals surface area contributed by atoms with Gasteiger partial charge in [-0.3, -0.25) is 4.79 Å². The molecule has 8 heteroatoms. The van der Waals surface area contributed by atoms with Gasteiger partial charge in [-0.15, -0.1) is 0 Å². The largest absolute Gasteiger partial charge is 0.466 e. The number of ether oxygens (including phenoxy) is 4. The molecule has 1 atom stereocenters. The zero-order valence-electron chi connectivity index (χ0n) is 24.6. The first-order valence-electron chi connectivity index (χ1n) is 15.0. The predicted octanol–water partition coefficient (Wildman–Crippen LogP) is 7.77. The molecule has 0 amide bonds. The standard InChI is InChI=1S/C31H52N2O6/c1-4-7-9-11-13-15-24-37-30(38-25-16-14-12-10-8-5-2)21-20-29(34)36-26-17-19-28(18-6-3)39-31(35)33-23-22-32-27-33/h7-10,22-23,27-28,30H,4-6,11-21,24-26H2,1-3H3/b9-7-,10-8-. The topological polar surface area (TPSA) is 88.9 Å². The molecule has 0 aliphatic carbocycles. The molecule has 0 bridgehead atoms. The molecule has 39 heavy (non-hydrogen) atoms. The van der Waals surface area contributed by atoms with Crippen LogP contribution in [0.25, 0.3) is 0 Å². The normalized spacial score (nSPS) is 12.5. The van der Waals surface area contributed by atoms with Crippen molar-refractivity contribution in [3.8, 4) is 0 Å². The van der Waals surface area contributed by atoms with Crippen LogP contribution >= 0.6 is 0 Å². The fourth-order valence-corrected chi connectivity index (χ4v) is 3.90. The van der Waals surface area contributed by atoms with Gasteiger partial charge < -0.3 is 18.9 Å². The molecule has 1 rings (SSSR count). The van der Waals surface area contributed by atoms with Crippen molar-refractivity contribution in [3.05, 3.63) is 43.0 Å². The minimum Gasteiger partial charge on any atom is -0.466 e. The fourth-order valence-electron chi connectivity index (χ4n) is 3.90. The van der Waals surface area contributed by atoms with Crippen LogP contribution in [0.4, 0.5) is 4.79 Å². The van der Waals surface area contributed by atoms with Gasteiger partial charge in [0.25, 0.3) is 0 Å². The summed E-state index contributed by atoms with van der Waals surface area (Å²) in [7, 11) is 0. The Morgan fingerprint density at radius 1 is 0.821 bits per heavy atom. The average molecular weight is 549 g/mol. The lowest BCUT2D eigenvalue weighted by Gasteiger charge is -2.19. The number of carbonyl (C=O) groups excluding carboxylic acids is 2. The van der Waals surface area contributed by atoms with Crippen LogP contribution in [-0.4, -0.2) is 53.8 Å². The number of carbonyl (C=O) groups is 2.